The minimum atomic E-state index is -1.09. The monoisotopic (exact) mass is 296 g/mol. The van der Waals surface area contributed by atoms with Gasteiger partial charge in [0.1, 0.15) is 12.2 Å². The molecule has 0 saturated carbocycles. The second-order valence-electron chi connectivity index (χ2n) is 4.84. The summed E-state index contributed by atoms with van der Waals surface area (Å²) in [5.74, 6) is -1.32. The van der Waals surface area contributed by atoms with Gasteiger partial charge in [0.05, 0.1) is 13.2 Å². The van der Waals surface area contributed by atoms with Gasteiger partial charge in [-0.05, 0) is 19.0 Å². The van der Waals surface area contributed by atoms with Crippen molar-refractivity contribution >= 4 is 11.9 Å². The van der Waals surface area contributed by atoms with Gasteiger partial charge < -0.3 is 15.2 Å². The van der Waals surface area contributed by atoms with E-state index in [1.54, 1.807) is 0 Å². The molecule has 0 bridgehead atoms. The number of carbonyl (C=O) groups excluding carboxylic acids is 1. The van der Waals surface area contributed by atoms with Crippen LogP contribution < -0.4 is 5.32 Å². The van der Waals surface area contributed by atoms with Crippen molar-refractivity contribution in [2.45, 2.75) is 13.0 Å². The molecule has 1 aliphatic heterocycles. The van der Waals surface area contributed by atoms with E-state index < -0.39 is 5.97 Å². The summed E-state index contributed by atoms with van der Waals surface area (Å²) < 4.78 is 6.44. The number of carboxylic acid groups (broad SMARTS) is 1. The summed E-state index contributed by atoms with van der Waals surface area (Å²) in [5, 5.41) is 15.5. The molecule has 8 nitrogen and oxygen atoms in total. The molecule has 1 fully saturated rings. The fourth-order valence-corrected chi connectivity index (χ4v) is 2.19. The lowest BCUT2D eigenvalue weighted by Crippen LogP contribution is -2.38. The van der Waals surface area contributed by atoms with Crippen molar-refractivity contribution in [3.63, 3.8) is 0 Å². The molecule has 0 spiro atoms. The van der Waals surface area contributed by atoms with Gasteiger partial charge >= 0.3 is 5.97 Å². The van der Waals surface area contributed by atoms with Crippen LogP contribution in [0.1, 0.15) is 16.9 Å². The number of nitrogens with zero attached hydrogens (tertiary/aromatic N) is 3. The molecule has 1 saturated heterocycles. The summed E-state index contributed by atoms with van der Waals surface area (Å²) in [5.41, 5.74) is 0.0125. The van der Waals surface area contributed by atoms with Gasteiger partial charge in [-0.2, -0.15) is 5.10 Å². The van der Waals surface area contributed by atoms with Crippen molar-refractivity contribution in [1.82, 2.24) is 20.0 Å². The Morgan fingerprint density at radius 2 is 2.14 bits per heavy atom. The van der Waals surface area contributed by atoms with Crippen LogP contribution in [-0.2, 0) is 16.1 Å². The van der Waals surface area contributed by atoms with Crippen LogP contribution in [0.25, 0.3) is 0 Å². The third kappa shape index (κ3) is 4.83. The highest BCUT2D eigenvalue weighted by molar-refractivity contribution is 5.86. The summed E-state index contributed by atoms with van der Waals surface area (Å²) in [4.78, 5) is 24.9. The molecule has 21 heavy (non-hydrogen) atoms. The third-order valence-corrected chi connectivity index (χ3v) is 3.31. The zero-order valence-electron chi connectivity index (χ0n) is 11.8. The summed E-state index contributed by atoms with van der Waals surface area (Å²) in [6.07, 6.45) is 2.23. The van der Waals surface area contributed by atoms with Crippen LogP contribution in [0.2, 0.25) is 0 Å². The van der Waals surface area contributed by atoms with Crippen LogP contribution >= 0.6 is 0 Å². The lowest BCUT2D eigenvalue weighted by Gasteiger charge is -2.26. The van der Waals surface area contributed by atoms with Crippen LogP contribution in [0.4, 0.5) is 0 Å². The molecule has 2 rings (SSSR count). The number of morpholine rings is 1. The lowest BCUT2D eigenvalue weighted by molar-refractivity contribution is -0.121. The molecule has 8 heteroatoms. The van der Waals surface area contributed by atoms with Gasteiger partial charge in [0.2, 0.25) is 5.91 Å². The summed E-state index contributed by atoms with van der Waals surface area (Å²) >= 11 is 0. The Labute approximate surface area is 122 Å². The first-order chi connectivity index (χ1) is 10.2. The zero-order chi connectivity index (χ0) is 15.1. The Hall–Kier alpha value is -1.93. The van der Waals surface area contributed by atoms with Crippen LogP contribution in [0, 0.1) is 0 Å². The van der Waals surface area contributed by atoms with E-state index in [9.17, 15) is 9.59 Å². The minimum absolute atomic E-state index is 0.0125. The summed E-state index contributed by atoms with van der Waals surface area (Å²) in [6.45, 7) is 4.82. The predicted octanol–water partition coefficient (Wildman–Crippen LogP) is -0.580. The highest BCUT2D eigenvalue weighted by Crippen LogP contribution is 1.99. The average Bonchev–Trinajstić information content (AvgIpc) is 2.93. The number of carboxylic acids is 1. The average molecular weight is 296 g/mol. The molecule has 0 aliphatic carbocycles. The second-order valence-corrected chi connectivity index (χ2v) is 4.84. The number of amides is 1. The Balaban J connectivity index is 1.65. The van der Waals surface area contributed by atoms with Crippen molar-refractivity contribution in [2.24, 2.45) is 0 Å². The molecule has 1 aliphatic rings. The molecule has 0 unspecified atom stereocenters. The maximum absolute atomic E-state index is 11.7. The Morgan fingerprint density at radius 1 is 1.38 bits per heavy atom. The maximum Gasteiger partial charge on any atom is 0.354 e. The molecular formula is C13H20N4O4. The van der Waals surface area contributed by atoms with E-state index in [1.807, 2.05) is 0 Å². The normalized spacial score (nSPS) is 15.8. The van der Waals surface area contributed by atoms with Gasteiger partial charge in [0.15, 0.2) is 0 Å². The molecule has 2 heterocycles. The number of rotatable bonds is 7. The number of hydrogen-bond donors (Lipinski definition) is 2. The van der Waals surface area contributed by atoms with Gasteiger partial charge in [-0.25, -0.2) is 9.48 Å². The first kappa shape index (κ1) is 15.5. The van der Waals surface area contributed by atoms with Crippen LogP contribution in [-0.4, -0.2) is 71.1 Å². The molecule has 0 radical (unpaired) electrons. The number of carbonyl (C=O) groups is 2. The highest BCUT2D eigenvalue weighted by Gasteiger charge is 2.13. The maximum atomic E-state index is 11.7. The number of nitrogens with one attached hydrogen (secondary N) is 1. The van der Waals surface area contributed by atoms with E-state index in [1.165, 1.54) is 16.9 Å². The van der Waals surface area contributed by atoms with E-state index in [0.717, 1.165) is 39.3 Å². The summed E-state index contributed by atoms with van der Waals surface area (Å²) in [7, 11) is 0. The molecule has 1 aromatic rings. The molecule has 0 atom stereocenters. The van der Waals surface area contributed by atoms with Gasteiger partial charge in [0.25, 0.3) is 0 Å². The van der Waals surface area contributed by atoms with Gasteiger partial charge in [-0.15, -0.1) is 0 Å². The van der Waals surface area contributed by atoms with E-state index >= 15 is 0 Å². The fraction of sp³-hybridized carbons (Fsp3) is 0.615. The largest absolute Gasteiger partial charge is 0.477 e. The van der Waals surface area contributed by atoms with Crippen LogP contribution in [0.3, 0.4) is 0 Å². The topological polar surface area (TPSA) is 96.7 Å². The standard InChI is InChI=1S/C13H20N4O4/c18-12(10-17-11(13(19)20)2-4-15-17)14-3-1-5-16-6-8-21-9-7-16/h2,4H,1,3,5-10H2,(H,14,18)(H,19,20). The van der Waals surface area contributed by atoms with E-state index in [-0.39, 0.29) is 18.1 Å². The molecular weight excluding hydrogens is 276 g/mol. The lowest BCUT2D eigenvalue weighted by atomic mass is 10.3. The zero-order valence-corrected chi connectivity index (χ0v) is 11.8. The number of ether oxygens (including phenoxy) is 1. The SMILES string of the molecule is O=C(Cn1nccc1C(=O)O)NCCCN1CCOCC1. The van der Waals surface area contributed by atoms with Crippen molar-refractivity contribution in [1.29, 1.82) is 0 Å². The molecule has 1 aromatic heterocycles. The number of aromatic nitrogens is 2. The van der Waals surface area contributed by atoms with Crippen molar-refractivity contribution < 1.29 is 19.4 Å². The fourth-order valence-electron chi connectivity index (χ4n) is 2.19. The molecule has 116 valence electrons. The minimum Gasteiger partial charge on any atom is -0.477 e. The quantitative estimate of drug-likeness (QED) is 0.654. The predicted molar refractivity (Wildman–Crippen MR) is 74.1 cm³/mol. The second kappa shape index (κ2) is 7.75. The van der Waals surface area contributed by atoms with Crippen LogP contribution in [0.5, 0.6) is 0 Å². The molecule has 1 amide bonds. The first-order valence-corrected chi connectivity index (χ1v) is 6.99. The first-order valence-electron chi connectivity index (χ1n) is 6.99. The van der Waals surface area contributed by atoms with E-state index in [4.69, 9.17) is 9.84 Å². The number of hydrogen-bond acceptors (Lipinski definition) is 5. The number of aromatic carboxylic acids is 1. The van der Waals surface area contributed by atoms with Gasteiger partial charge in [-0.3, -0.25) is 9.69 Å². The Kier molecular flexibility index (Phi) is 5.70. The summed E-state index contributed by atoms with van der Waals surface area (Å²) in [6, 6.07) is 1.37. The molecule has 0 aromatic carbocycles. The van der Waals surface area contributed by atoms with Crippen LogP contribution in [0.15, 0.2) is 12.3 Å². The van der Waals surface area contributed by atoms with Gasteiger partial charge in [-0.1, -0.05) is 0 Å². The van der Waals surface area contributed by atoms with E-state index in [0.29, 0.717) is 6.54 Å². The molecule has 2 N–H and O–H groups in total. The van der Waals surface area contributed by atoms with E-state index in [2.05, 4.69) is 15.3 Å². The Morgan fingerprint density at radius 3 is 2.86 bits per heavy atom. The highest BCUT2D eigenvalue weighted by atomic mass is 16.5. The van der Waals surface area contributed by atoms with Gasteiger partial charge in [0, 0.05) is 25.8 Å². The third-order valence-electron chi connectivity index (χ3n) is 3.31. The van der Waals surface area contributed by atoms with Crippen molar-refractivity contribution in [3.05, 3.63) is 18.0 Å². The Bertz CT molecular complexity index is 482. The smallest absolute Gasteiger partial charge is 0.354 e. The van der Waals surface area contributed by atoms with Crippen molar-refractivity contribution in [3.8, 4) is 0 Å². The van der Waals surface area contributed by atoms with Crippen molar-refractivity contribution in [2.75, 3.05) is 39.4 Å².